The number of anilines is 1. The lowest BCUT2D eigenvalue weighted by molar-refractivity contribution is -0.384. The molecule has 23 heavy (non-hydrogen) atoms. The number of piperidine rings is 1. The molecule has 1 aromatic heterocycles. The number of nitro groups is 1. The summed E-state index contributed by atoms with van der Waals surface area (Å²) < 4.78 is 5.91. The van der Waals surface area contributed by atoms with Crippen LogP contribution in [0.3, 0.4) is 0 Å². The van der Waals surface area contributed by atoms with Crippen LogP contribution in [-0.4, -0.2) is 34.0 Å². The van der Waals surface area contributed by atoms with Crippen molar-refractivity contribution < 1.29 is 9.66 Å². The van der Waals surface area contributed by atoms with Gasteiger partial charge in [0.05, 0.1) is 4.92 Å². The van der Waals surface area contributed by atoms with E-state index in [2.05, 4.69) is 9.88 Å². The number of nitrogens with zero attached hydrogens (tertiary/aromatic N) is 3. The third-order valence-corrected chi connectivity index (χ3v) is 4.65. The highest BCUT2D eigenvalue weighted by molar-refractivity contribution is 7.15. The summed E-state index contributed by atoms with van der Waals surface area (Å²) in [6, 6.07) is 6.26. The summed E-state index contributed by atoms with van der Waals surface area (Å²) in [6.07, 6.45) is 3.86. The Kier molecular flexibility index (Phi) is 4.73. The second-order valence-corrected chi connectivity index (χ2v) is 6.66. The summed E-state index contributed by atoms with van der Waals surface area (Å²) in [5.74, 6) is 0.685. The average molecular weight is 334 g/mol. The van der Waals surface area contributed by atoms with Crippen LogP contribution in [0, 0.1) is 10.1 Å². The number of likely N-dealkylation sites (tertiary alicyclic amines) is 1. The Labute approximate surface area is 137 Å². The van der Waals surface area contributed by atoms with Crippen LogP contribution in [0.4, 0.5) is 10.8 Å². The molecule has 2 N–H and O–H groups in total. The lowest BCUT2D eigenvalue weighted by atomic mass is 10.1. The standard InChI is InChI=1S/C15H18N4O3S/c16-15-17-9-14(23-15)10-18-7-5-13(6-8-18)22-12-3-1-11(2-4-12)19(20)21/h1-4,9,13H,5-8,10H2,(H2,16,17). The van der Waals surface area contributed by atoms with E-state index in [0.717, 1.165) is 32.5 Å². The van der Waals surface area contributed by atoms with Crippen molar-refractivity contribution in [3.8, 4) is 5.75 Å². The van der Waals surface area contributed by atoms with Gasteiger partial charge in [-0.05, 0) is 25.0 Å². The third kappa shape index (κ3) is 4.17. The highest BCUT2D eigenvalue weighted by Crippen LogP contribution is 2.23. The Morgan fingerprint density at radius 3 is 2.61 bits per heavy atom. The van der Waals surface area contributed by atoms with Crippen molar-refractivity contribution >= 4 is 22.2 Å². The van der Waals surface area contributed by atoms with Crippen LogP contribution in [0.15, 0.2) is 30.5 Å². The first-order valence-electron chi connectivity index (χ1n) is 7.44. The summed E-state index contributed by atoms with van der Waals surface area (Å²) in [7, 11) is 0. The first-order chi connectivity index (χ1) is 11.1. The van der Waals surface area contributed by atoms with Gasteiger partial charge in [-0.3, -0.25) is 15.0 Å². The first kappa shape index (κ1) is 15.7. The third-order valence-electron chi connectivity index (χ3n) is 3.84. The van der Waals surface area contributed by atoms with Crippen LogP contribution in [0.2, 0.25) is 0 Å². The molecule has 1 saturated heterocycles. The number of nitrogen functional groups attached to an aromatic ring is 1. The molecular weight excluding hydrogens is 316 g/mol. The van der Waals surface area contributed by atoms with E-state index in [-0.39, 0.29) is 11.8 Å². The van der Waals surface area contributed by atoms with E-state index in [9.17, 15) is 10.1 Å². The number of benzene rings is 1. The summed E-state index contributed by atoms with van der Waals surface area (Å²) >= 11 is 1.53. The number of ether oxygens (including phenoxy) is 1. The van der Waals surface area contributed by atoms with E-state index >= 15 is 0 Å². The minimum Gasteiger partial charge on any atom is -0.490 e. The molecule has 1 aromatic carbocycles. The van der Waals surface area contributed by atoms with Crippen molar-refractivity contribution in [1.29, 1.82) is 0 Å². The number of non-ortho nitro benzene ring substituents is 1. The second kappa shape index (κ2) is 6.93. The Balaban J connectivity index is 1.48. The molecule has 1 aliphatic heterocycles. The van der Waals surface area contributed by atoms with Gasteiger partial charge in [0, 0.05) is 42.8 Å². The lowest BCUT2D eigenvalue weighted by Gasteiger charge is -2.31. The Hall–Kier alpha value is -2.19. The minimum atomic E-state index is -0.408. The maximum atomic E-state index is 10.6. The lowest BCUT2D eigenvalue weighted by Crippen LogP contribution is -2.37. The van der Waals surface area contributed by atoms with Crippen molar-refractivity contribution in [3.05, 3.63) is 45.5 Å². The predicted molar refractivity (Wildman–Crippen MR) is 88.5 cm³/mol. The van der Waals surface area contributed by atoms with Gasteiger partial charge >= 0.3 is 0 Å². The topological polar surface area (TPSA) is 94.5 Å². The first-order valence-corrected chi connectivity index (χ1v) is 8.25. The van der Waals surface area contributed by atoms with Gasteiger partial charge in [-0.1, -0.05) is 0 Å². The van der Waals surface area contributed by atoms with Crippen LogP contribution < -0.4 is 10.5 Å². The SMILES string of the molecule is Nc1ncc(CN2CCC(Oc3ccc([N+](=O)[O-])cc3)CC2)s1. The van der Waals surface area contributed by atoms with Crippen LogP contribution in [-0.2, 0) is 6.54 Å². The normalized spacial score (nSPS) is 16.3. The molecule has 0 radical (unpaired) electrons. The zero-order chi connectivity index (χ0) is 16.2. The summed E-state index contributed by atoms with van der Waals surface area (Å²) in [5.41, 5.74) is 5.73. The van der Waals surface area contributed by atoms with E-state index in [0.29, 0.717) is 10.9 Å². The van der Waals surface area contributed by atoms with E-state index in [1.165, 1.54) is 28.3 Å². The van der Waals surface area contributed by atoms with Crippen LogP contribution >= 0.6 is 11.3 Å². The Morgan fingerprint density at radius 2 is 2.04 bits per heavy atom. The van der Waals surface area contributed by atoms with E-state index < -0.39 is 4.92 Å². The summed E-state index contributed by atoms with van der Waals surface area (Å²) in [6.45, 7) is 2.78. The molecule has 0 unspecified atom stereocenters. The molecule has 122 valence electrons. The Bertz CT molecular complexity index is 666. The van der Waals surface area contributed by atoms with Gasteiger partial charge in [-0.25, -0.2) is 4.98 Å². The van der Waals surface area contributed by atoms with Gasteiger partial charge < -0.3 is 10.5 Å². The molecule has 8 heteroatoms. The molecule has 0 atom stereocenters. The number of rotatable bonds is 5. The zero-order valence-electron chi connectivity index (χ0n) is 12.6. The highest BCUT2D eigenvalue weighted by Gasteiger charge is 2.21. The fraction of sp³-hybridized carbons (Fsp3) is 0.400. The van der Waals surface area contributed by atoms with Gasteiger partial charge in [0.2, 0.25) is 0 Å². The smallest absolute Gasteiger partial charge is 0.269 e. The van der Waals surface area contributed by atoms with E-state index in [1.807, 2.05) is 6.20 Å². The monoisotopic (exact) mass is 334 g/mol. The van der Waals surface area contributed by atoms with Crippen molar-refractivity contribution in [3.63, 3.8) is 0 Å². The molecule has 1 aliphatic rings. The average Bonchev–Trinajstić information content (AvgIpc) is 2.95. The molecule has 0 saturated carbocycles. The van der Waals surface area contributed by atoms with Crippen molar-refractivity contribution in [2.45, 2.75) is 25.5 Å². The molecule has 0 spiro atoms. The Morgan fingerprint density at radius 1 is 1.35 bits per heavy atom. The highest BCUT2D eigenvalue weighted by atomic mass is 32.1. The van der Waals surface area contributed by atoms with Gasteiger partial charge in [-0.2, -0.15) is 0 Å². The molecule has 7 nitrogen and oxygen atoms in total. The zero-order valence-corrected chi connectivity index (χ0v) is 13.4. The predicted octanol–water partition coefficient (Wildman–Crippen LogP) is 2.68. The van der Waals surface area contributed by atoms with Crippen molar-refractivity contribution in [2.75, 3.05) is 18.8 Å². The number of thiazole rings is 1. The van der Waals surface area contributed by atoms with Gasteiger partial charge in [0.1, 0.15) is 11.9 Å². The van der Waals surface area contributed by atoms with Crippen LogP contribution in [0.5, 0.6) is 5.75 Å². The molecule has 0 bridgehead atoms. The molecular formula is C15H18N4O3S. The largest absolute Gasteiger partial charge is 0.490 e. The second-order valence-electron chi connectivity index (χ2n) is 5.51. The molecule has 3 rings (SSSR count). The maximum Gasteiger partial charge on any atom is 0.269 e. The number of hydrogen-bond donors (Lipinski definition) is 1. The number of hydrogen-bond acceptors (Lipinski definition) is 7. The minimum absolute atomic E-state index is 0.0796. The van der Waals surface area contributed by atoms with Crippen molar-refractivity contribution in [1.82, 2.24) is 9.88 Å². The van der Waals surface area contributed by atoms with E-state index in [1.54, 1.807) is 12.1 Å². The molecule has 1 fully saturated rings. The van der Waals surface area contributed by atoms with Crippen LogP contribution in [0.25, 0.3) is 0 Å². The number of aromatic nitrogens is 1. The van der Waals surface area contributed by atoms with Gasteiger partial charge in [-0.15, -0.1) is 11.3 Å². The quantitative estimate of drug-likeness (QED) is 0.667. The van der Waals surface area contributed by atoms with Crippen LogP contribution in [0.1, 0.15) is 17.7 Å². The fourth-order valence-electron chi connectivity index (χ4n) is 2.64. The van der Waals surface area contributed by atoms with E-state index in [4.69, 9.17) is 10.5 Å². The summed E-state index contributed by atoms with van der Waals surface area (Å²) in [5, 5.41) is 11.2. The van der Waals surface area contributed by atoms with Gasteiger partial charge in [0.25, 0.3) is 5.69 Å². The van der Waals surface area contributed by atoms with Gasteiger partial charge in [0.15, 0.2) is 5.13 Å². The molecule has 0 amide bonds. The molecule has 2 heterocycles. The summed E-state index contributed by atoms with van der Waals surface area (Å²) in [4.78, 5) is 17.8. The maximum absolute atomic E-state index is 10.6. The molecule has 2 aromatic rings. The fourth-order valence-corrected chi connectivity index (χ4v) is 3.37. The number of nitro benzene ring substituents is 1. The number of nitrogens with two attached hydrogens (primary N) is 1. The van der Waals surface area contributed by atoms with Crippen molar-refractivity contribution in [2.24, 2.45) is 0 Å². The molecule has 0 aliphatic carbocycles.